The van der Waals surface area contributed by atoms with Gasteiger partial charge < -0.3 is 15.3 Å². The van der Waals surface area contributed by atoms with E-state index in [2.05, 4.69) is 5.32 Å². The third-order valence-electron chi connectivity index (χ3n) is 3.53. The van der Waals surface area contributed by atoms with Crippen molar-refractivity contribution in [2.24, 2.45) is 5.92 Å². The van der Waals surface area contributed by atoms with Gasteiger partial charge >= 0.3 is 0 Å². The van der Waals surface area contributed by atoms with Gasteiger partial charge in [0.25, 0.3) is 0 Å². The van der Waals surface area contributed by atoms with Crippen molar-refractivity contribution in [3.63, 3.8) is 0 Å². The van der Waals surface area contributed by atoms with E-state index >= 15 is 0 Å². The second-order valence-electron chi connectivity index (χ2n) is 4.63. The van der Waals surface area contributed by atoms with E-state index in [1.54, 1.807) is 0 Å². The molecule has 0 aromatic rings. The van der Waals surface area contributed by atoms with Crippen LogP contribution in [0, 0.1) is 5.92 Å². The Bertz CT molecular complexity index is 227. The SMILES string of the molecule is O=C(CC1CCNC1)N1CCC[C@@H]1CO. The third-order valence-corrected chi connectivity index (χ3v) is 3.53. The van der Waals surface area contributed by atoms with Crippen molar-refractivity contribution in [2.75, 3.05) is 26.2 Å². The van der Waals surface area contributed by atoms with Crippen LogP contribution in [0.2, 0.25) is 0 Å². The number of amides is 1. The summed E-state index contributed by atoms with van der Waals surface area (Å²) >= 11 is 0. The highest BCUT2D eigenvalue weighted by Gasteiger charge is 2.29. The molecular weight excluding hydrogens is 192 g/mol. The van der Waals surface area contributed by atoms with Crippen LogP contribution in [0.5, 0.6) is 0 Å². The van der Waals surface area contributed by atoms with Gasteiger partial charge in [0.15, 0.2) is 0 Å². The van der Waals surface area contributed by atoms with Crippen LogP contribution >= 0.6 is 0 Å². The number of likely N-dealkylation sites (tertiary alicyclic amines) is 1. The standard InChI is InChI=1S/C11H20N2O2/c14-8-10-2-1-5-13(10)11(15)6-9-3-4-12-7-9/h9-10,12,14H,1-8H2/t9?,10-/m1/s1. The minimum Gasteiger partial charge on any atom is -0.394 e. The first-order valence-electron chi connectivity index (χ1n) is 5.92. The summed E-state index contributed by atoms with van der Waals surface area (Å²) in [4.78, 5) is 13.8. The molecule has 2 N–H and O–H groups in total. The van der Waals surface area contributed by atoms with Crippen LogP contribution in [0.4, 0.5) is 0 Å². The van der Waals surface area contributed by atoms with E-state index in [1.807, 2.05) is 4.90 Å². The summed E-state index contributed by atoms with van der Waals surface area (Å²) in [5.41, 5.74) is 0. The minimum absolute atomic E-state index is 0.0897. The maximum absolute atomic E-state index is 12.0. The summed E-state index contributed by atoms with van der Waals surface area (Å²) in [6.45, 7) is 2.98. The predicted molar refractivity (Wildman–Crippen MR) is 57.4 cm³/mol. The summed E-state index contributed by atoms with van der Waals surface area (Å²) in [5, 5.41) is 12.4. The zero-order valence-electron chi connectivity index (χ0n) is 9.11. The van der Waals surface area contributed by atoms with Crippen LogP contribution in [-0.2, 0) is 4.79 Å². The Morgan fingerprint density at radius 3 is 3.00 bits per heavy atom. The molecule has 86 valence electrons. The number of nitrogens with zero attached hydrogens (tertiary/aromatic N) is 1. The van der Waals surface area contributed by atoms with Gasteiger partial charge in [0.2, 0.25) is 5.91 Å². The molecule has 0 bridgehead atoms. The van der Waals surface area contributed by atoms with E-state index in [0.717, 1.165) is 38.9 Å². The number of hydrogen-bond acceptors (Lipinski definition) is 3. The lowest BCUT2D eigenvalue weighted by molar-refractivity contribution is -0.133. The van der Waals surface area contributed by atoms with Gasteiger partial charge in [-0.05, 0) is 38.3 Å². The first kappa shape index (κ1) is 10.9. The molecule has 2 atom stereocenters. The summed E-state index contributed by atoms with van der Waals surface area (Å²) < 4.78 is 0. The highest BCUT2D eigenvalue weighted by Crippen LogP contribution is 2.21. The maximum Gasteiger partial charge on any atom is 0.223 e. The fraction of sp³-hybridized carbons (Fsp3) is 0.909. The topological polar surface area (TPSA) is 52.6 Å². The van der Waals surface area contributed by atoms with E-state index in [1.165, 1.54) is 0 Å². The van der Waals surface area contributed by atoms with E-state index in [0.29, 0.717) is 12.3 Å². The Kier molecular flexibility index (Phi) is 3.59. The second-order valence-corrected chi connectivity index (χ2v) is 4.63. The quantitative estimate of drug-likeness (QED) is 0.690. The molecule has 2 heterocycles. The second kappa shape index (κ2) is 4.94. The largest absolute Gasteiger partial charge is 0.394 e. The van der Waals surface area contributed by atoms with Gasteiger partial charge in [0.05, 0.1) is 12.6 Å². The number of aliphatic hydroxyl groups excluding tert-OH is 1. The smallest absolute Gasteiger partial charge is 0.223 e. The molecule has 2 aliphatic rings. The Morgan fingerprint density at radius 1 is 1.47 bits per heavy atom. The van der Waals surface area contributed by atoms with Gasteiger partial charge in [-0.15, -0.1) is 0 Å². The summed E-state index contributed by atoms with van der Waals surface area (Å²) in [5.74, 6) is 0.748. The molecule has 4 heteroatoms. The highest BCUT2D eigenvalue weighted by atomic mass is 16.3. The van der Waals surface area contributed by atoms with Gasteiger partial charge in [-0.2, -0.15) is 0 Å². The van der Waals surface area contributed by atoms with Gasteiger partial charge in [0, 0.05) is 13.0 Å². The number of aliphatic hydroxyl groups is 1. The van der Waals surface area contributed by atoms with Crippen molar-refractivity contribution in [3.05, 3.63) is 0 Å². The molecule has 2 fully saturated rings. The van der Waals surface area contributed by atoms with E-state index < -0.39 is 0 Å². The minimum atomic E-state index is 0.0897. The monoisotopic (exact) mass is 212 g/mol. The predicted octanol–water partition coefficient (Wildman–Crippen LogP) is -0.0307. The zero-order valence-corrected chi connectivity index (χ0v) is 9.11. The average Bonchev–Trinajstić information content (AvgIpc) is 2.86. The normalized spacial score (nSPS) is 31.1. The van der Waals surface area contributed by atoms with Crippen LogP contribution in [0.1, 0.15) is 25.7 Å². The van der Waals surface area contributed by atoms with Crippen LogP contribution < -0.4 is 5.32 Å². The van der Waals surface area contributed by atoms with Crippen LogP contribution in [0.15, 0.2) is 0 Å². The Balaban J connectivity index is 1.83. The number of rotatable bonds is 3. The fourth-order valence-electron chi connectivity index (χ4n) is 2.61. The van der Waals surface area contributed by atoms with Crippen molar-refractivity contribution in [1.82, 2.24) is 10.2 Å². The third kappa shape index (κ3) is 2.49. The summed E-state index contributed by atoms with van der Waals surface area (Å²) in [6.07, 6.45) is 3.78. The van der Waals surface area contributed by atoms with Crippen molar-refractivity contribution < 1.29 is 9.90 Å². The molecule has 0 saturated carbocycles. The fourth-order valence-corrected chi connectivity index (χ4v) is 2.61. The Hall–Kier alpha value is -0.610. The Labute approximate surface area is 90.6 Å². The molecule has 4 nitrogen and oxygen atoms in total. The lowest BCUT2D eigenvalue weighted by Gasteiger charge is -2.24. The van der Waals surface area contributed by atoms with Gasteiger partial charge in [-0.3, -0.25) is 4.79 Å². The number of hydrogen-bond donors (Lipinski definition) is 2. The van der Waals surface area contributed by atoms with Crippen LogP contribution in [0.3, 0.4) is 0 Å². The summed E-state index contributed by atoms with van der Waals surface area (Å²) in [6, 6.07) is 0.0897. The number of carbonyl (C=O) groups is 1. The maximum atomic E-state index is 12.0. The molecule has 1 unspecified atom stereocenters. The molecule has 0 aromatic carbocycles. The molecule has 2 aliphatic heterocycles. The van der Waals surface area contributed by atoms with Crippen molar-refractivity contribution >= 4 is 5.91 Å². The molecule has 0 spiro atoms. The molecule has 2 saturated heterocycles. The van der Waals surface area contributed by atoms with Crippen LogP contribution in [0.25, 0.3) is 0 Å². The van der Waals surface area contributed by atoms with E-state index in [9.17, 15) is 4.79 Å². The molecule has 2 rings (SSSR count). The molecule has 15 heavy (non-hydrogen) atoms. The van der Waals surface area contributed by atoms with Crippen molar-refractivity contribution in [1.29, 1.82) is 0 Å². The van der Waals surface area contributed by atoms with Crippen molar-refractivity contribution in [3.8, 4) is 0 Å². The molecule has 0 aromatic heterocycles. The average molecular weight is 212 g/mol. The van der Waals surface area contributed by atoms with E-state index in [4.69, 9.17) is 5.11 Å². The lowest BCUT2D eigenvalue weighted by atomic mass is 10.0. The first-order chi connectivity index (χ1) is 7.31. The zero-order chi connectivity index (χ0) is 10.7. The number of carbonyl (C=O) groups excluding carboxylic acids is 1. The van der Waals surface area contributed by atoms with Gasteiger partial charge in [-0.1, -0.05) is 0 Å². The first-order valence-corrected chi connectivity index (χ1v) is 5.92. The molecular formula is C11H20N2O2. The van der Waals surface area contributed by atoms with E-state index in [-0.39, 0.29) is 18.6 Å². The summed E-state index contributed by atoms with van der Waals surface area (Å²) in [7, 11) is 0. The Morgan fingerprint density at radius 2 is 2.33 bits per heavy atom. The lowest BCUT2D eigenvalue weighted by Crippen LogP contribution is -2.38. The van der Waals surface area contributed by atoms with Gasteiger partial charge in [0.1, 0.15) is 0 Å². The number of nitrogens with one attached hydrogen (secondary N) is 1. The van der Waals surface area contributed by atoms with Crippen molar-refractivity contribution in [2.45, 2.75) is 31.7 Å². The molecule has 0 aliphatic carbocycles. The van der Waals surface area contributed by atoms with Crippen LogP contribution in [-0.4, -0.2) is 48.2 Å². The molecule has 1 amide bonds. The molecule has 0 radical (unpaired) electrons. The van der Waals surface area contributed by atoms with Gasteiger partial charge in [-0.25, -0.2) is 0 Å². The highest BCUT2D eigenvalue weighted by molar-refractivity contribution is 5.77.